The van der Waals surface area contributed by atoms with Crippen molar-refractivity contribution in [2.45, 2.75) is 51.9 Å². The van der Waals surface area contributed by atoms with E-state index in [4.69, 9.17) is 4.74 Å². The van der Waals surface area contributed by atoms with Gasteiger partial charge in [-0.1, -0.05) is 32.3 Å². The van der Waals surface area contributed by atoms with E-state index in [0.717, 1.165) is 25.7 Å². The van der Waals surface area contributed by atoms with Gasteiger partial charge >= 0.3 is 5.97 Å². The third-order valence-electron chi connectivity index (χ3n) is 2.05. The zero-order chi connectivity index (χ0) is 10.6. The van der Waals surface area contributed by atoms with Gasteiger partial charge < -0.3 is 4.74 Å². The number of hydrogen-bond acceptors (Lipinski definition) is 2. The van der Waals surface area contributed by atoms with Crippen LogP contribution in [0.5, 0.6) is 0 Å². The molecule has 82 valence electrons. The Balaban J connectivity index is 3.14. The standard InChI is InChI=1S/C12H22O2/c1-3-5-7-9-11-14-12(13)10-8-6-4-2/h4H,2-3,5-11H2,1H3. The largest absolute Gasteiger partial charge is 0.466 e. The van der Waals surface area contributed by atoms with Gasteiger partial charge in [0.25, 0.3) is 0 Å². The molecule has 0 amide bonds. The molecule has 0 aromatic carbocycles. The maximum atomic E-state index is 11.1. The van der Waals surface area contributed by atoms with E-state index in [2.05, 4.69) is 13.5 Å². The topological polar surface area (TPSA) is 26.3 Å². The van der Waals surface area contributed by atoms with Gasteiger partial charge in [-0.05, 0) is 19.3 Å². The van der Waals surface area contributed by atoms with Crippen molar-refractivity contribution in [1.82, 2.24) is 0 Å². The summed E-state index contributed by atoms with van der Waals surface area (Å²) in [5.74, 6) is -0.0663. The van der Waals surface area contributed by atoms with E-state index in [9.17, 15) is 4.79 Å². The second-order valence-electron chi connectivity index (χ2n) is 3.46. The lowest BCUT2D eigenvalue weighted by molar-refractivity contribution is -0.143. The van der Waals surface area contributed by atoms with Crippen molar-refractivity contribution in [2.75, 3.05) is 6.61 Å². The summed E-state index contributed by atoms with van der Waals surface area (Å²) in [4.78, 5) is 11.1. The van der Waals surface area contributed by atoms with Crippen molar-refractivity contribution in [3.63, 3.8) is 0 Å². The van der Waals surface area contributed by atoms with E-state index >= 15 is 0 Å². The summed E-state index contributed by atoms with van der Waals surface area (Å²) in [7, 11) is 0. The van der Waals surface area contributed by atoms with E-state index in [1.807, 2.05) is 6.08 Å². The average Bonchev–Trinajstić information content (AvgIpc) is 2.18. The van der Waals surface area contributed by atoms with Crippen LogP contribution < -0.4 is 0 Å². The normalized spacial score (nSPS) is 9.79. The summed E-state index contributed by atoms with van der Waals surface area (Å²) in [6.45, 7) is 6.36. The molecule has 0 N–H and O–H groups in total. The van der Waals surface area contributed by atoms with Crippen LogP contribution in [0.25, 0.3) is 0 Å². The van der Waals surface area contributed by atoms with E-state index in [-0.39, 0.29) is 5.97 Å². The van der Waals surface area contributed by atoms with Crippen molar-refractivity contribution < 1.29 is 9.53 Å². The predicted molar refractivity (Wildman–Crippen MR) is 59.1 cm³/mol. The summed E-state index contributed by atoms with van der Waals surface area (Å²) in [5.41, 5.74) is 0. The molecule has 0 aromatic rings. The first-order chi connectivity index (χ1) is 6.81. The molecule has 0 aliphatic heterocycles. The van der Waals surface area contributed by atoms with Crippen molar-refractivity contribution in [2.24, 2.45) is 0 Å². The van der Waals surface area contributed by atoms with Crippen LogP contribution in [0.2, 0.25) is 0 Å². The van der Waals surface area contributed by atoms with Gasteiger partial charge in [0.15, 0.2) is 0 Å². The molecule has 0 radical (unpaired) electrons. The molecule has 0 atom stereocenters. The summed E-state index contributed by atoms with van der Waals surface area (Å²) in [5, 5.41) is 0. The lowest BCUT2D eigenvalue weighted by atomic mass is 10.2. The fourth-order valence-electron chi connectivity index (χ4n) is 1.18. The first-order valence-electron chi connectivity index (χ1n) is 5.57. The van der Waals surface area contributed by atoms with Gasteiger partial charge in [-0.25, -0.2) is 0 Å². The monoisotopic (exact) mass is 198 g/mol. The molecule has 0 aromatic heterocycles. The van der Waals surface area contributed by atoms with Gasteiger partial charge in [0.1, 0.15) is 0 Å². The molecule has 0 saturated carbocycles. The molecule has 0 aliphatic rings. The number of ether oxygens (including phenoxy) is 1. The summed E-state index contributed by atoms with van der Waals surface area (Å²) < 4.78 is 5.06. The van der Waals surface area contributed by atoms with Crippen molar-refractivity contribution >= 4 is 5.97 Å². The van der Waals surface area contributed by atoms with Crippen LogP contribution >= 0.6 is 0 Å². The van der Waals surface area contributed by atoms with Gasteiger partial charge in [0, 0.05) is 6.42 Å². The number of carbonyl (C=O) groups is 1. The fourth-order valence-corrected chi connectivity index (χ4v) is 1.18. The lowest BCUT2D eigenvalue weighted by Gasteiger charge is -2.03. The van der Waals surface area contributed by atoms with Crippen LogP contribution in [0.3, 0.4) is 0 Å². The third-order valence-corrected chi connectivity index (χ3v) is 2.05. The van der Waals surface area contributed by atoms with Gasteiger partial charge in [-0.2, -0.15) is 0 Å². The minimum Gasteiger partial charge on any atom is -0.466 e. The number of allylic oxidation sites excluding steroid dienone is 1. The quantitative estimate of drug-likeness (QED) is 0.322. The molecule has 2 heteroatoms. The highest BCUT2D eigenvalue weighted by molar-refractivity contribution is 5.69. The highest BCUT2D eigenvalue weighted by Gasteiger charge is 2.00. The van der Waals surface area contributed by atoms with Gasteiger partial charge in [0.05, 0.1) is 6.61 Å². The van der Waals surface area contributed by atoms with Crippen molar-refractivity contribution in [3.05, 3.63) is 12.7 Å². The molecule has 0 aliphatic carbocycles. The second kappa shape index (κ2) is 10.3. The Bertz CT molecular complexity index is 152. The van der Waals surface area contributed by atoms with Crippen LogP contribution in [-0.2, 0) is 9.53 Å². The van der Waals surface area contributed by atoms with Gasteiger partial charge in [0.2, 0.25) is 0 Å². The molecule has 14 heavy (non-hydrogen) atoms. The second-order valence-corrected chi connectivity index (χ2v) is 3.46. The minimum atomic E-state index is -0.0663. The molecule has 0 heterocycles. The Labute approximate surface area is 87.3 Å². The molecule has 0 rings (SSSR count). The molecular formula is C12H22O2. The van der Waals surface area contributed by atoms with E-state index in [1.54, 1.807) is 0 Å². The first kappa shape index (κ1) is 13.2. The predicted octanol–water partition coefficient (Wildman–Crippen LogP) is 3.47. The Morgan fingerprint density at radius 1 is 1.29 bits per heavy atom. The van der Waals surface area contributed by atoms with Gasteiger partial charge in [-0.3, -0.25) is 4.79 Å². The molecular weight excluding hydrogens is 176 g/mol. The average molecular weight is 198 g/mol. The Morgan fingerprint density at radius 3 is 2.71 bits per heavy atom. The number of hydrogen-bond donors (Lipinski definition) is 0. The van der Waals surface area contributed by atoms with Crippen LogP contribution in [0.15, 0.2) is 12.7 Å². The minimum absolute atomic E-state index is 0.0663. The molecule has 0 spiro atoms. The number of rotatable bonds is 9. The third kappa shape index (κ3) is 9.30. The van der Waals surface area contributed by atoms with Crippen molar-refractivity contribution in [3.8, 4) is 0 Å². The molecule has 0 saturated heterocycles. The van der Waals surface area contributed by atoms with Crippen LogP contribution in [0.1, 0.15) is 51.9 Å². The fraction of sp³-hybridized carbons (Fsp3) is 0.750. The maximum Gasteiger partial charge on any atom is 0.305 e. The van der Waals surface area contributed by atoms with Crippen molar-refractivity contribution in [1.29, 1.82) is 0 Å². The Morgan fingerprint density at radius 2 is 2.07 bits per heavy atom. The lowest BCUT2D eigenvalue weighted by Crippen LogP contribution is -2.05. The highest BCUT2D eigenvalue weighted by Crippen LogP contribution is 2.01. The van der Waals surface area contributed by atoms with E-state index < -0.39 is 0 Å². The molecule has 0 fully saturated rings. The maximum absolute atomic E-state index is 11.1. The van der Waals surface area contributed by atoms with Crippen LogP contribution in [0, 0.1) is 0 Å². The molecule has 0 unspecified atom stereocenters. The highest BCUT2D eigenvalue weighted by atomic mass is 16.5. The number of carbonyl (C=O) groups excluding carboxylic acids is 1. The number of unbranched alkanes of at least 4 members (excludes halogenated alkanes) is 4. The van der Waals surface area contributed by atoms with E-state index in [1.165, 1.54) is 12.8 Å². The van der Waals surface area contributed by atoms with Crippen LogP contribution in [-0.4, -0.2) is 12.6 Å². The molecule has 2 nitrogen and oxygen atoms in total. The van der Waals surface area contributed by atoms with E-state index in [0.29, 0.717) is 13.0 Å². The first-order valence-corrected chi connectivity index (χ1v) is 5.57. The smallest absolute Gasteiger partial charge is 0.305 e. The van der Waals surface area contributed by atoms with Gasteiger partial charge in [-0.15, -0.1) is 6.58 Å². The Kier molecular flexibility index (Phi) is 9.71. The Hall–Kier alpha value is -0.790. The zero-order valence-corrected chi connectivity index (χ0v) is 9.26. The summed E-state index contributed by atoms with van der Waals surface area (Å²) in [6, 6.07) is 0. The summed E-state index contributed by atoms with van der Waals surface area (Å²) in [6.07, 6.45) is 8.72. The zero-order valence-electron chi connectivity index (χ0n) is 9.26. The summed E-state index contributed by atoms with van der Waals surface area (Å²) >= 11 is 0. The number of esters is 1. The van der Waals surface area contributed by atoms with Crippen LogP contribution in [0.4, 0.5) is 0 Å². The molecule has 0 bridgehead atoms. The SMILES string of the molecule is C=CCCCC(=O)OCCCCCC.